The summed E-state index contributed by atoms with van der Waals surface area (Å²) in [7, 11) is 0. The van der Waals surface area contributed by atoms with Gasteiger partial charge in [0.25, 0.3) is 0 Å². The summed E-state index contributed by atoms with van der Waals surface area (Å²) in [6, 6.07) is 6.88. The summed E-state index contributed by atoms with van der Waals surface area (Å²) in [6.45, 7) is 15.2. The predicted octanol–water partition coefficient (Wildman–Crippen LogP) is 5.21. The van der Waals surface area contributed by atoms with E-state index < -0.39 is 0 Å². The average Bonchev–Trinajstić information content (AvgIpc) is 2.97. The fourth-order valence-electron chi connectivity index (χ4n) is 5.38. The molecule has 0 unspecified atom stereocenters. The zero-order chi connectivity index (χ0) is 16.4. The third-order valence-electron chi connectivity index (χ3n) is 6.82. The third kappa shape index (κ3) is 1.72. The van der Waals surface area contributed by atoms with Gasteiger partial charge in [-0.15, -0.1) is 6.58 Å². The van der Waals surface area contributed by atoms with Gasteiger partial charge in [-0.25, -0.2) is 0 Å². The lowest BCUT2D eigenvalue weighted by Gasteiger charge is -2.54. The first-order chi connectivity index (χ1) is 10.9. The molecule has 0 amide bonds. The smallest absolute Gasteiger partial charge is 0.0652 e. The predicted molar refractivity (Wildman–Crippen MR) is 98.4 cm³/mol. The van der Waals surface area contributed by atoms with Crippen molar-refractivity contribution in [1.29, 1.82) is 0 Å². The van der Waals surface area contributed by atoms with Gasteiger partial charge < -0.3 is 4.98 Å². The minimum absolute atomic E-state index is 0.0366. The Hall–Kier alpha value is -1.83. The first-order valence-electron chi connectivity index (χ1n) is 8.64. The van der Waals surface area contributed by atoms with E-state index in [9.17, 15) is 0 Å². The molecule has 0 bridgehead atoms. The Balaban J connectivity index is 2.02. The molecule has 1 N–H and O–H groups in total. The lowest BCUT2D eigenvalue weighted by Crippen LogP contribution is -2.49. The first kappa shape index (κ1) is 14.7. The Bertz CT molecular complexity index is 797. The van der Waals surface area contributed by atoms with E-state index in [1.807, 2.05) is 0 Å². The molecule has 1 aromatic carbocycles. The number of rotatable bonds is 2. The normalized spacial score (nSPS) is 34.8. The first-order valence-corrected chi connectivity index (χ1v) is 8.64. The van der Waals surface area contributed by atoms with Gasteiger partial charge in [0.05, 0.1) is 6.04 Å². The molecule has 1 heterocycles. The van der Waals surface area contributed by atoms with E-state index in [1.54, 1.807) is 0 Å². The Kier molecular flexibility index (Phi) is 2.94. The maximum Gasteiger partial charge on any atom is 0.0652 e. The molecular formula is C21H26N2. The van der Waals surface area contributed by atoms with Crippen LogP contribution in [0.25, 0.3) is 10.9 Å². The minimum atomic E-state index is 0.0366. The van der Waals surface area contributed by atoms with Gasteiger partial charge in [-0.1, -0.05) is 39.0 Å². The molecule has 2 nitrogen and oxygen atoms in total. The van der Waals surface area contributed by atoms with Gasteiger partial charge in [-0.3, -0.25) is 4.99 Å². The van der Waals surface area contributed by atoms with Crippen molar-refractivity contribution in [2.45, 2.75) is 51.0 Å². The molecule has 1 fully saturated rings. The molecule has 1 saturated carbocycles. The highest BCUT2D eigenvalue weighted by Crippen LogP contribution is 2.59. The average molecular weight is 306 g/mol. The summed E-state index contributed by atoms with van der Waals surface area (Å²) >= 11 is 0. The van der Waals surface area contributed by atoms with Crippen molar-refractivity contribution in [3.8, 4) is 0 Å². The van der Waals surface area contributed by atoms with Crippen molar-refractivity contribution in [2.75, 3.05) is 0 Å². The van der Waals surface area contributed by atoms with Crippen LogP contribution in [0.15, 0.2) is 42.0 Å². The highest BCUT2D eigenvalue weighted by molar-refractivity contribution is 5.89. The second-order valence-electron chi connectivity index (χ2n) is 8.20. The molecule has 0 saturated heterocycles. The summed E-state index contributed by atoms with van der Waals surface area (Å²) < 4.78 is 0. The number of aromatic nitrogens is 1. The molecule has 4 atom stereocenters. The van der Waals surface area contributed by atoms with Crippen LogP contribution in [-0.4, -0.2) is 17.7 Å². The summed E-state index contributed by atoms with van der Waals surface area (Å²) in [5, 5.41) is 1.42. The molecule has 2 heteroatoms. The third-order valence-corrected chi connectivity index (χ3v) is 6.82. The van der Waals surface area contributed by atoms with Gasteiger partial charge in [0.2, 0.25) is 0 Å². The molecule has 0 aliphatic heterocycles. The molecule has 2 aliphatic rings. The largest absolute Gasteiger partial charge is 0.361 e. The van der Waals surface area contributed by atoms with Crippen molar-refractivity contribution >= 4 is 17.6 Å². The van der Waals surface area contributed by atoms with Gasteiger partial charge in [-0.05, 0) is 48.1 Å². The number of nitrogens with one attached hydrogen (secondary N) is 1. The monoisotopic (exact) mass is 306 g/mol. The summed E-state index contributed by atoms with van der Waals surface area (Å²) in [5.41, 5.74) is 4.36. The van der Waals surface area contributed by atoms with E-state index in [0.717, 1.165) is 6.42 Å². The molecule has 2 aromatic rings. The summed E-state index contributed by atoms with van der Waals surface area (Å²) in [4.78, 5) is 8.12. The van der Waals surface area contributed by atoms with Crippen LogP contribution in [0.1, 0.15) is 50.7 Å². The number of H-pyrrole nitrogens is 1. The number of nitrogens with zero attached hydrogens (tertiary/aromatic N) is 1. The van der Waals surface area contributed by atoms with Gasteiger partial charge in [0.1, 0.15) is 0 Å². The van der Waals surface area contributed by atoms with E-state index in [2.05, 4.69) is 74.5 Å². The number of hydrogen-bond acceptors (Lipinski definition) is 1. The van der Waals surface area contributed by atoms with Crippen molar-refractivity contribution in [3.05, 3.63) is 48.2 Å². The molecule has 120 valence electrons. The second-order valence-corrected chi connectivity index (χ2v) is 8.20. The molecule has 1 aromatic heterocycles. The van der Waals surface area contributed by atoms with Gasteiger partial charge in [0.15, 0.2) is 0 Å². The fourth-order valence-corrected chi connectivity index (χ4v) is 5.38. The quantitative estimate of drug-likeness (QED) is 0.582. The fraction of sp³-hybridized carbons (Fsp3) is 0.476. The second kappa shape index (κ2) is 4.59. The maximum atomic E-state index is 4.63. The van der Waals surface area contributed by atoms with E-state index in [0.29, 0.717) is 11.8 Å². The number of benzene rings is 1. The van der Waals surface area contributed by atoms with Crippen LogP contribution >= 0.6 is 0 Å². The van der Waals surface area contributed by atoms with E-state index in [4.69, 9.17) is 0 Å². The van der Waals surface area contributed by atoms with Crippen molar-refractivity contribution < 1.29 is 0 Å². The van der Waals surface area contributed by atoms with Crippen molar-refractivity contribution in [2.24, 2.45) is 16.3 Å². The van der Waals surface area contributed by atoms with E-state index in [-0.39, 0.29) is 16.9 Å². The molecule has 0 radical (unpaired) electrons. The Morgan fingerprint density at radius 3 is 2.78 bits per heavy atom. The molecule has 0 spiro atoms. The lowest BCUT2D eigenvalue weighted by atomic mass is 9.51. The number of aliphatic imine (C=N–C) groups is 1. The van der Waals surface area contributed by atoms with Gasteiger partial charge >= 0.3 is 0 Å². The number of hydrogen-bond donors (Lipinski definition) is 1. The zero-order valence-electron chi connectivity index (χ0n) is 14.4. The van der Waals surface area contributed by atoms with Crippen LogP contribution in [0.5, 0.6) is 0 Å². The maximum absolute atomic E-state index is 4.63. The summed E-state index contributed by atoms with van der Waals surface area (Å²) in [5.74, 6) is 1.02. The highest BCUT2D eigenvalue weighted by atomic mass is 14.8. The summed E-state index contributed by atoms with van der Waals surface area (Å²) in [6.07, 6.45) is 6.68. The standard InChI is InChI=1S/C21H26N2/c1-6-21(4)11-10-15-18(19(21)22-5)13-12-23-16-9-7-8-14(17(13)16)20(15,2)3/h6-9,12,15,18-19,23H,1,5,10-11H2,2-4H3/t15-,18+,19+,21-/m0/s1. The van der Waals surface area contributed by atoms with E-state index >= 15 is 0 Å². The minimum Gasteiger partial charge on any atom is -0.361 e. The topological polar surface area (TPSA) is 28.1 Å². The van der Waals surface area contributed by atoms with Crippen molar-refractivity contribution in [3.63, 3.8) is 0 Å². The molecular weight excluding hydrogens is 280 g/mol. The van der Waals surface area contributed by atoms with Gasteiger partial charge in [0, 0.05) is 28.4 Å². The van der Waals surface area contributed by atoms with Crippen LogP contribution in [-0.2, 0) is 5.41 Å². The highest BCUT2D eigenvalue weighted by Gasteiger charge is 2.53. The molecule has 23 heavy (non-hydrogen) atoms. The Morgan fingerprint density at radius 1 is 1.30 bits per heavy atom. The van der Waals surface area contributed by atoms with Gasteiger partial charge in [-0.2, -0.15) is 0 Å². The van der Waals surface area contributed by atoms with Crippen LogP contribution in [0.3, 0.4) is 0 Å². The van der Waals surface area contributed by atoms with Crippen molar-refractivity contribution in [1.82, 2.24) is 4.98 Å². The molecule has 4 rings (SSSR count). The van der Waals surface area contributed by atoms with Crippen LogP contribution in [0.2, 0.25) is 0 Å². The number of fused-ring (bicyclic) bond motifs is 2. The van der Waals surface area contributed by atoms with Crippen LogP contribution in [0.4, 0.5) is 0 Å². The zero-order valence-corrected chi connectivity index (χ0v) is 14.4. The Labute approximate surface area is 138 Å². The number of aromatic amines is 1. The van der Waals surface area contributed by atoms with Crippen LogP contribution < -0.4 is 0 Å². The lowest BCUT2D eigenvalue weighted by molar-refractivity contribution is 0.104. The Morgan fingerprint density at radius 2 is 2.09 bits per heavy atom. The molecule has 2 aliphatic carbocycles. The van der Waals surface area contributed by atoms with E-state index in [1.165, 1.54) is 28.5 Å². The SMILES string of the molecule is C=C[C@@]1(C)CC[C@H]2[C@@H](c3c[nH]c4cccc(c34)C2(C)C)[C@H]1N=C. The van der Waals surface area contributed by atoms with Crippen LogP contribution in [0, 0.1) is 11.3 Å².